The highest BCUT2D eigenvalue weighted by atomic mass is 32.1. The summed E-state index contributed by atoms with van der Waals surface area (Å²) < 4.78 is 12.0. The summed E-state index contributed by atoms with van der Waals surface area (Å²) in [7, 11) is 3.80. The molecule has 2 heterocycles. The molecular formula is C21H21N5O7S. The van der Waals surface area contributed by atoms with Gasteiger partial charge in [-0.2, -0.15) is 0 Å². The molecule has 0 fully saturated rings. The number of nitro benzene ring substituents is 2. The maximum Gasteiger partial charge on any atom is 0.277 e. The number of aromatic nitrogens is 1. The lowest BCUT2D eigenvalue weighted by Gasteiger charge is -2.21. The van der Waals surface area contributed by atoms with Gasteiger partial charge in [0.05, 0.1) is 31.7 Å². The highest BCUT2D eigenvalue weighted by molar-refractivity contribution is 7.22. The zero-order chi connectivity index (χ0) is 24.4. The van der Waals surface area contributed by atoms with E-state index in [4.69, 9.17) is 9.47 Å². The summed E-state index contributed by atoms with van der Waals surface area (Å²) >= 11 is 1.26. The van der Waals surface area contributed by atoms with E-state index in [1.807, 2.05) is 19.0 Å². The normalized spacial score (nSPS) is 12.7. The number of nitro groups is 2. The summed E-state index contributed by atoms with van der Waals surface area (Å²) in [6, 6.07) is 6.45. The van der Waals surface area contributed by atoms with Crippen LogP contribution in [0.4, 0.5) is 16.5 Å². The number of nitrogens with zero attached hydrogens (tertiary/aromatic N) is 5. The number of non-ortho nitro benzene ring substituents is 2. The van der Waals surface area contributed by atoms with Crippen molar-refractivity contribution in [3.63, 3.8) is 0 Å². The molecule has 0 saturated carbocycles. The van der Waals surface area contributed by atoms with Crippen LogP contribution in [0.15, 0.2) is 30.3 Å². The van der Waals surface area contributed by atoms with Gasteiger partial charge in [0.2, 0.25) is 0 Å². The first-order chi connectivity index (χ1) is 16.2. The molecule has 13 heteroatoms. The molecule has 34 heavy (non-hydrogen) atoms. The molecule has 2 aromatic carbocycles. The van der Waals surface area contributed by atoms with Gasteiger partial charge >= 0.3 is 0 Å². The molecule has 1 amide bonds. The van der Waals surface area contributed by atoms with E-state index in [0.29, 0.717) is 48.3 Å². The fraction of sp³-hybridized carbons (Fsp3) is 0.333. The molecule has 0 atom stereocenters. The standard InChI is InChI=1S/C21H21N5O7S/c1-23(2)4-3-5-24(20(27)13-8-14(25(28)29)10-15(9-13)26(30)31)21-22-16-11-17-18(12-19(16)34-21)33-7-6-32-17/h8-12H,3-7H2,1-2H3. The van der Waals surface area contributed by atoms with E-state index in [-0.39, 0.29) is 12.1 Å². The fourth-order valence-electron chi connectivity index (χ4n) is 3.48. The van der Waals surface area contributed by atoms with E-state index >= 15 is 0 Å². The Labute approximate surface area is 197 Å². The molecule has 0 bridgehead atoms. The lowest BCUT2D eigenvalue weighted by Crippen LogP contribution is -2.33. The summed E-state index contributed by atoms with van der Waals surface area (Å²) in [5.41, 5.74) is -0.607. The van der Waals surface area contributed by atoms with Gasteiger partial charge in [-0.15, -0.1) is 0 Å². The van der Waals surface area contributed by atoms with E-state index in [2.05, 4.69) is 4.98 Å². The SMILES string of the molecule is CN(C)CCCN(C(=O)c1cc([N+](=O)[O-])cc([N+](=O)[O-])c1)c1nc2cc3c(cc2s1)OCCO3. The van der Waals surface area contributed by atoms with Crippen molar-refractivity contribution >= 4 is 44.0 Å². The molecule has 1 aliphatic rings. The van der Waals surface area contributed by atoms with Crippen LogP contribution in [0.1, 0.15) is 16.8 Å². The van der Waals surface area contributed by atoms with Gasteiger partial charge < -0.3 is 14.4 Å². The Balaban J connectivity index is 1.75. The monoisotopic (exact) mass is 487 g/mol. The van der Waals surface area contributed by atoms with Crippen LogP contribution in [0.3, 0.4) is 0 Å². The molecule has 1 aliphatic heterocycles. The van der Waals surface area contributed by atoms with Crippen LogP contribution in [0.5, 0.6) is 11.5 Å². The summed E-state index contributed by atoms with van der Waals surface area (Å²) in [6.45, 7) is 1.81. The minimum absolute atomic E-state index is 0.157. The number of fused-ring (bicyclic) bond motifs is 2. The third kappa shape index (κ3) is 4.89. The number of ether oxygens (including phenoxy) is 2. The van der Waals surface area contributed by atoms with Crippen molar-refractivity contribution in [3.8, 4) is 11.5 Å². The van der Waals surface area contributed by atoms with E-state index in [1.54, 1.807) is 12.1 Å². The van der Waals surface area contributed by atoms with Crippen molar-refractivity contribution in [3.05, 3.63) is 56.1 Å². The van der Waals surface area contributed by atoms with Crippen molar-refractivity contribution in [2.24, 2.45) is 0 Å². The first-order valence-electron chi connectivity index (χ1n) is 10.3. The Hall–Kier alpha value is -3.84. The summed E-state index contributed by atoms with van der Waals surface area (Å²) in [6.07, 6.45) is 0.592. The van der Waals surface area contributed by atoms with Crippen molar-refractivity contribution < 1.29 is 24.1 Å². The molecular weight excluding hydrogens is 466 g/mol. The molecule has 3 aromatic rings. The molecule has 0 radical (unpaired) electrons. The number of hydrogen-bond donors (Lipinski definition) is 0. The molecule has 0 unspecified atom stereocenters. The molecule has 0 saturated heterocycles. The molecule has 178 valence electrons. The number of thiazole rings is 1. The second-order valence-corrected chi connectivity index (χ2v) is 8.84. The van der Waals surface area contributed by atoms with E-state index in [1.165, 1.54) is 16.2 Å². The first-order valence-corrected chi connectivity index (χ1v) is 11.2. The minimum Gasteiger partial charge on any atom is -0.486 e. The number of carbonyl (C=O) groups excluding carboxylic acids is 1. The van der Waals surface area contributed by atoms with E-state index in [0.717, 1.165) is 22.9 Å². The number of benzene rings is 2. The van der Waals surface area contributed by atoms with Crippen molar-refractivity contribution in [2.45, 2.75) is 6.42 Å². The Morgan fingerprint density at radius 2 is 1.62 bits per heavy atom. The smallest absolute Gasteiger partial charge is 0.277 e. The van der Waals surface area contributed by atoms with Crippen molar-refractivity contribution in [2.75, 3.05) is 45.3 Å². The molecule has 1 aromatic heterocycles. The zero-order valence-corrected chi connectivity index (χ0v) is 19.2. The average molecular weight is 487 g/mol. The second kappa shape index (κ2) is 9.57. The van der Waals surface area contributed by atoms with Gasteiger partial charge in [0.1, 0.15) is 13.2 Å². The highest BCUT2D eigenvalue weighted by Crippen LogP contribution is 2.39. The zero-order valence-electron chi connectivity index (χ0n) is 18.4. The van der Waals surface area contributed by atoms with Crippen LogP contribution < -0.4 is 14.4 Å². The summed E-state index contributed by atoms with van der Waals surface area (Å²) in [5.74, 6) is 0.547. The van der Waals surface area contributed by atoms with Gasteiger partial charge in [0, 0.05) is 30.8 Å². The molecule has 0 spiro atoms. The van der Waals surface area contributed by atoms with Crippen molar-refractivity contribution in [1.29, 1.82) is 0 Å². The summed E-state index contributed by atoms with van der Waals surface area (Å²) in [5, 5.41) is 23.0. The Morgan fingerprint density at radius 3 is 2.21 bits per heavy atom. The maximum absolute atomic E-state index is 13.5. The molecule has 12 nitrogen and oxygen atoms in total. The number of anilines is 1. The van der Waals surface area contributed by atoms with Crippen LogP contribution in [-0.2, 0) is 0 Å². The van der Waals surface area contributed by atoms with Gasteiger partial charge in [-0.1, -0.05) is 11.3 Å². The number of carbonyl (C=O) groups is 1. The fourth-order valence-corrected chi connectivity index (χ4v) is 4.48. The molecule has 4 rings (SSSR count). The van der Waals surface area contributed by atoms with Crippen LogP contribution in [0, 0.1) is 20.2 Å². The van der Waals surface area contributed by atoms with Crippen LogP contribution in [0.2, 0.25) is 0 Å². The van der Waals surface area contributed by atoms with Gasteiger partial charge in [-0.05, 0) is 27.1 Å². The predicted octanol–water partition coefficient (Wildman–Crippen LogP) is 3.48. The third-order valence-corrected chi connectivity index (χ3v) is 6.12. The van der Waals surface area contributed by atoms with E-state index < -0.39 is 27.1 Å². The molecule has 0 N–H and O–H groups in total. The van der Waals surface area contributed by atoms with Crippen LogP contribution in [0.25, 0.3) is 10.2 Å². The summed E-state index contributed by atoms with van der Waals surface area (Å²) in [4.78, 5) is 42.5. The largest absolute Gasteiger partial charge is 0.486 e. The van der Waals surface area contributed by atoms with Crippen LogP contribution >= 0.6 is 11.3 Å². The average Bonchev–Trinajstić information content (AvgIpc) is 3.21. The van der Waals surface area contributed by atoms with Gasteiger partial charge in [0.25, 0.3) is 17.3 Å². The third-order valence-electron chi connectivity index (χ3n) is 5.08. The predicted molar refractivity (Wildman–Crippen MR) is 125 cm³/mol. The number of rotatable bonds is 8. The lowest BCUT2D eigenvalue weighted by atomic mass is 10.1. The Kier molecular flexibility index (Phi) is 6.56. The number of amides is 1. The lowest BCUT2D eigenvalue weighted by molar-refractivity contribution is -0.394. The molecule has 0 aliphatic carbocycles. The quantitative estimate of drug-likeness (QED) is 0.345. The highest BCUT2D eigenvalue weighted by Gasteiger charge is 2.26. The maximum atomic E-state index is 13.5. The number of hydrogen-bond acceptors (Lipinski definition) is 10. The van der Waals surface area contributed by atoms with Crippen molar-refractivity contribution in [1.82, 2.24) is 9.88 Å². The van der Waals surface area contributed by atoms with Gasteiger partial charge in [-0.25, -0.2) is 4.98 Å². The topological polar surface area (TPSA) is 141 Å². The van der Waals surface area contributed by atoms with Gasteiger partial charge in [0.15, 0.2) is 16.6 Å². The Bertz CT molecular complexity index is 1200. The van der Waals surface area contributed by atoms with E-state index in [9.17, 15) is 25.0 Å². The minimum atomic E-state index is -0.762. The van der Waals surface area contributed by atoms with Gasteiger partial charge in [-0.3, -0.25) is 29.9 Å². The first kappa shape index (κ1) is 23.3. The van der Waals surface area contributed by atoms with Crippen LogP contribution in [-0.4, -0.2) is 66.0 Å². The Morgan fingerprint density at radius 1 is 1.00 bits per heavy atom. The second-order valence-electron chi connectivity index (χ2n) is 7.83.